The van der Waals surface area contributed by atoms with Gasteiger partial charge in [0.15, 0.2) is 5.65 Å². The third-order valence-corrected chi connectivity index (χ3v) is 3.30. The van der Waals surface area contributed by atoms with E-state index in [9.17, 15) is 0 Å². The average Bonchev–Trinajstić information content (AvgIpc) is 2.71. The van der Waals surface area contributed by atoms with Gasteiger partial charge in [0.25, 0.3) is 0 Å². The minimum atomic E-state index is 0.568. The quantitative estimate of drug-likeness (QED) is 0.723. The van der Waals surface area contributed by atoms with Crippen molar-refractivity contribution in [2.75, 3.05) is 0 Å². The molecule has 0 saturated carbocycles. The Morgan fingerprint density at radius 2 is 1.89 bits per heavy atom. The summed E-state index contributed by atoms with van der Waals surface area (Å²) in [4.78, 5) is 11.9. The third kappa shape index (κ3) is 1.85. The van der Waals surface area contributed by atoms with Crippen LogP contribution in [0.1, 0.15) is 5.56 Å². The maximum Gasteiger partial charge on any atom is 0.178 e. The molecular formula is C13H9Cl2N3. The van der Waals surface area contributed by atoms with Crippen LogP contribution in [0.2, 0.25) is 10.0 Å². The highest BCUT2D eigenvalue weighted by Gasteiger charge is 2.13. The number of aromatic nitrogens is 3. The second kappa shape index (κ2) is 4.26. The molecule has 0 saturated heterocycles. The zero-order chi connectivity index (χ0) is 12.7. The Balaban J connectivity index is 2.26. The summed E-state index contributed by atoms with van der Waals surface area (Å²) in [5.41, 5.74) is 3.31. The van der Waals surface area contributed by atoms with Crippen LogP contribution in [0.25, 0.3) is 22.6 Å². The number of hydrogen-bond acceptors (Lipinski definition) is 2. The highest BCUT2D eigenvalue weighted by molar-refractivity contribution is 6.39. The summed E-state index contributed by atoms with van der Waals surface area (Å²) in [5.74, 6) is 0.638. The van der Waals surface area contributed by atoms with E-state index in [4.69, 9.17) is 23.2 Å². The summed E-state index contributed by atoms with van der Waals surface area (Å²) in [5, 5.41) is 1.14. The molecule has 5 heteroatoms. The average molecular weight is 278 g/mol. The Morgan fingerprint density at radius 1 is 1.17 bits per heavy atom. The molecule has 0 aliphatic rings. The molecule has 0 bridgehead atoms. The lowest BCUT2D eigenvalue weighted by molar-refractivity contribution is 1.28. The number of aromatic amines is 1. The molecule has 0 aliphatic heterocycles. The van der Waals surface area contributed by atoms with Crippen molar-refractivity contribution < 1.29 is 0 Å². The zero-order valence-electron chi connectivity index (χ0n) is 9.54. The molecule has 3 nitrogen and oxygen atoms in total. The highest BCUT2D eigenvalue weighted by Crippen LogP contribution is 2.33. The lowest BCUT2D eigenvalue weighted by atomic mass is 10.2. The van der Waals surface area contributed by atoms with Gasteiger partial charge in [-0.3, -0.25) is 0 Å². The number of nitrogens with zero attached hydrogens (tertiary/aromatic N) is 2. The molecule has 1 N–H and O–H groups in total. The van der Waals surface area contributed by atoms with Crippen molar-refractivity contribution >= 4 is 34.4 Å². The molecule has 0 unspecified atom stereocenters. The van der Waals surface area contributed by atoms with Gasteiger partial charge in [-0.05, 0) is 30.7 Å². The molecule has 18 heavy (non-hydrogen) atoms. The van der Waals surface area contributed by atoms with Crippen LogP contribution in [0.15, 0.2) is 30.5 Å². The van der Waals surface area contributed by atoms with Crippen molar-refractivity contribution in [1.29, 1.82) is 0 Å². The zero-order valence-corrected chi connectivity index (χ0v) is 11.0. The molecular weight excluding hydrogens is 269 g/mol. The molecule has 0 radical (unpaired) electrons. The number of rotatable bonds is 1. The van der Waals surface area contributed by atoms with E-state index in [-0.39, 0.29) is 0 Å². The first-order valence-corrected chi connectivity index (χ1v) is 6.17. The van der Waals surface area contributed by atoms with Gasteiger partial charge < -0.3 is 4.98 Å². The molecule has 0 spiro atoms. The van der Waals surface area contributed by atoms with Gasteiger partial charge in [-0.25, -0.2) is 9.97 Å². The number of H-pyrrole nitrogens is 1. The number of fused-ring (bicyclic) bond motifs is 1. The molecule has 1 aromatic carbocycles. The van der Waals surface area contributed by atoms with Crippen LogP contribution in [-0.4, -0.2) is 15.0 Å². The second-order valence-electron chi connectivity index (χ2n) is 4.07. The largest absolute Gasteiger partial charge is 0.336 e. The van der Waals surface area contributed by atoms with Crippen LogP contribution in [0.3, 0.4) is 0 Å². The number of pyridine rings is 1. The van der Waals surface area contributed by atoms with Crippen LogP contribution >= 0.6 is 23.2 Å². The second-order valence-corrected chi connectivity index (χ2v) is 4.88. The Hall–Kier alpha value is -1.58. The topological polar surface area (TPSA) is 41.6 Å². The lowest BCUT2D eigenvalue weighted by Crippen LogP contribution is -1.83. The number of benzene rings is 1. The van der Waals surface area contributed by atoms with Crippen molar-refractivity contribution in [2.24, 2.45) is 0 Å². The molecule has 0 amide bonds. The van der Waals surface area contributed by atoms with Crippen LogP contribution in [-0.2, 0) is 0 Å². The molecule has 2 heterocycles. The standard InChI is InChI=1S/C13H9Cl2N3/c1-7-5-10-12(16-6-7)18-13(17-10)11-8(14)3-2-4-9(11)15/h2-6H,1H3,(H,16,17,18). The minimum Gasteiger partial charge on any atom is -0.336 e. The fraction of sp³-hybridized carbons (Fsp3) is 0.0769. The number of nitrogens with one attached hydrogen (secondary N) is 1. The minimum absolute atomic E-state index is 0.568. The van der Waals surface area contributed by atoms with Crippen LogP contribution in [0.5, 0.6) is 0 Å². The molecule has 3 aromatic rings. The predicted molar refractivity (Wildman–Crippen MR) is 74.1 cm³/mol. The molecule has 0 atom stereocenters. The molecule has 3 rings (SSSR count). The van der Waals surface area contributed by atoms with Gasteiger partial charge in [0, 0.05) is 6.20 Å². The lowest BCUT2D eigenvalue weighted by Gasteiger charge is -2.02. The van der Waals surface area contributed by atoms with Gasteiger partial charge in [0.05, 0.1) is 21.1 Å². The van der Waals surface area contributed by atoms with Crippen molar-refractivity contribution in [3.05, 3.63) is 46.1 Å². The first-order valence-electron chi connectivity index (χ1n) is 5.42. The smallest absolute Gasteiger partial charge is 0.178 e. The number of halogens is 2. The van der Waals surface area contributed by atoms with Crippen LogP contribution in [0.4, 0.5) is 0 Å². The van der Waals surface area contributed by atoms with E-state index >= 15 is 0 Å². The summed E-state index contributed by atoms with van der Waals surface area (Å²) in [7, 11) is 0. The summed E-state index contributed by atoms with van der Waals surface area (Å²) in [6, 6.07) is 7.37. The number of aryl methyl sites for hydroxylation is 1. The fourth-order valence-electron chi connectivity index (χ4n) is 1.85. The Morgan fingerprint density at radius 3 is 2.61 bits per heavy atom. The summed E-state index contributed by atoms with van der Waals surface area (Å²) < 4.78 is 0. The van der Waals surface area contributed by atoms with Crippen molar-refractivity contribution in [3.63, 3.8) is 0 Å². The van der Waals surface area contributed by atoms with Gasteiger partial charge in [0.2, 0.25) is 0 Å². The summed E-state index contributed by atoms with van der Waals surface area (Å²) in [6.07, 6.45) is 1.78. The van der Waals surface area contributed by atoms with Gasteiger partial charge in [-0.2, -0.15) is 0 Å². The Labute approximate surface area is 114 Å². The first-order chi connectivity index (χ1) is 8.65. The van der Waals surface area contributed by atoms with E-state index in [1.165, 1.54) is 0 Å². The SMILES string of the molecule is Cc1cnc2nc(-c3c(Cl)cccc3Cl)[nH]c2c1. The summed E-state index contributed by atoms with van der Waals surface area (Å²) in [6.45, 7) is 1.98. The Kier molecular flexibility index (Phi) is 2.73. The van der Waals surface area contributed by atoms with Gasteiger partial charge in [-0.15, -0.1) is 0 Å². The fourth-order valence-corrected chi connectivity index (χ4v) is 2.42. The van der Waals surface area contributed by atoms with E-state index in [0.717, 1.165) is 11.1 Å². The molecule has 0 aliphatic carbocycles. The maximum atomic E-state index is 6.16. The van der Waals surface area contributed by atoms with Crippen LogP contribution in [0, 0.1) is 6.92 Å². The van der Waals surface area contributed by atoms with Gasteiger partial charge in [0.1, 0.15) is 5.82 Å². The van der Waals surface area contributed by atoms with E-state index in [1.54, 1.807) is 24.4 Å². The summed E-state index contributed by atoms with van der Waals surface area (Å²) >= 11 is 12.3. The number of hydrogen-bond donors (Lipinski definition) is 1. The maximum absolute atomic E-state index is 6.16. The van der Waals surface area contributed by atoms with Crippen molar-refractivity contribution in [3.8, 4) is 11.4 Å². The normalized spacial score (nSPS) is 11.1. The third-order valence-electron chi connectivity index (χ3n) is 2.67. The number of imidazole rings is 1. The Bertz CT molecular complexity index is 714. The van der Waals surface area contributed by atoms with Gasteiger partial charge >= 0.3 is 0 Å². The van der Waals surface area contributed by atoms with E-state index < -0.39 is 0 Å². The van der Waals surface area contributed by atoms with E-state index in [0.29, 0.717) is 27.1 Å². The molecule has 2 aromatic heterocycles. The first kappa shape index (κ1) is 11.5. The van der Waals surface area contributed by atoms with Crippen molar-refractivity contribution in [1.82, 2.24) is 15.0 Å². The van der Waals surface area contributed by atoms with E-state index in [1.807, 2.05) is 13.0 Å². The van der Waals surface area contributed by atoms with Gasteiger partial charge in [-0.1, -0.05) is 29.3 Å². The molecule has 90 valence electrons. The highest BCUT2D eigenvalue weighted by atomic mass is 35.5. The monoisotopic (exact) mass is 277 g/mol. The van der Waals surface area contributed by atoms with Crippen molar-refractivity contribution in [2.45, 2.75) is 6.92 Å². The van der Waals surface area contributed by atoms with Crippen LogP contribution < -0.4 is 0 Å². The van der Waals surface area contributed by atoms with E-state index in [2.05, 4.69) is 15.0 Å². The predicted octanol–water partition coefficient (Wildman–Crippen LogP) is 4.24. The molecule has 0 fully saturated rings.